The van der Waals surface area contributed by atoms with Crippen LogP contribution in [0.4, 0.5) is 26.4 Å². The summed E-state index contributed by atoms with van der Waals surface area (Å²) >= 11 is 0. The fourth-order valence-corrected chi connectivity index (χ4v) is 5.01. The largest absolute Gasteiger partial charge is 0.378 e. The van der Waals surface area contributed by atoms with Crippen molar-refractivity contribution < 1.29 is 18.7 Å². The van der Waals surface area contributed by atoms with Gasteiger partial charge in [-0.1, -0.05) is 18.2 Å². The van der Waals surface area contributed by atoms with Gasteiger partial charge < -0.3 is 20.3 Å². The number of amides is 2. The van der Waals surface area contributed by atoms with E-state index in [-0.39, 0.29) is 11.6 Å². The lowest BCUT2D eigenvalue weighted by Crippen LogP contribution is -2.37. The predicted octanol–water partition coefficient (Wildman–Crippen LogP) is 6.11. The summed E-state index contributed by atoms with van der Waals surface area (Å²) in [4.78, 5) is 39.8. The number of ketones is 1. The Hall–Kier alpha value is -5.22. The van der Waals surface area contributed by atoms with E-state index < -0.39 is 6.03 Å². The topological polar surface area (TPSA) is 109 Å². The van der Waals surface area contributed by atoms with Crippen LogP contribution in [0.25, 0.3) is 33.4 Å². The molecule has 2 aromatic heterocycles. The second kappa shape index (κ2) is 12.3. The Balaban J connectivity index is 1.26. The van der Waals surface area contributed by atoms with Crippen molar-refractivity contribution in [3.63, 3.8) is 0 Å². The SMILES string of the molecule is CC(=O)Cc1ccc(NC(=O)Nc2ccc(-c3nc(N4CCOCC4)c4cc(F)c(-c5cccnc5)cc4n3)cc2)cc1. The molecular formula is C33H29FN6O3. The molecule has 0 aliphatic carbocycles. The number of urea groups is 1. The minimum Gasteiger partial charge on any atom is -0.378 e. The molecule has 0 radical (unpaired) electrons. The number of nitrogens with one attached hydrogen (secondary N) is 2. The zero-order chi connectivity index (χ0) is 29.8. The van der Waals surface area contributed by atoms with Crippen molar-refractivity contribution in [2.75, 3.05) is 41.8 Å². The van der Waals surface area contributed by atoms with Crippen molar-refractivity contribution in [2.24, 2.45) is 0 Å². The highest BCUT2D eigenvalue weighted by molar-refractivity contribution is 6.00. The number of rotatable bonds is 7. The molecule has 1 fully saturated rings. The average molecular weight is 577 g/mol. The third-order valence-electron chi connectivity index (χ3n) is 7.11. The first-order valence-corrected chi connectivity index (χ1v) is 13.9. The number of hydrogen-bond acceptors (Lipinski definition) is 7. The molecule has 1 aliphatic rings. The first-order chi connectivity index (χ1) is 20.9. The van der Waals surface area contributed by atoms with Crippen molar-refractivity contribution in [1.29, 1.82) is 0 Å². The van der Waals surface area contributed by atoms with E-state index in [2.05, 4.69) is 20.5 Å². The van der Waals surface area contributed by atoms with Crippen LogP contribution in [-0.4, -0.2) is 53.1 Å². The summed E-state index contributed by atoms with van der Waals surface area (Å²) in [6.45, 7) is 3.93. The highest BCUT2D eigenvalue weighted by atomic mass is 19.1. The summed E-state index contributed by atoms with van der Waals surface area (Å²) in [5.41, 5.74) is 4.53. The molecule has 9 nitrogen and oxygen atoms in total. The average Bonchev–Trinajstić information content (AvgIpc) is 3.02. The molecule has 43 heavy (non-hydrogen) atoms. The number of nitrogens with zero attached hydrogens (tertiary/aromatic N) is 4. The van der Waals surface area contributed by atoms with Crippen LogP contribution in [0.15, 0.2) is 85.2 Å². The van der Waals surface area contributed by atoms with E-state index in [4.69, 9.17) is 14.7 Å². The van der Waals surface area contributed by atoms with E-state index in [1.165, 1.54) is 6.07 Å². The highest BCUT2D eigenvalue weighted by Gasteiger charge is 2.20. The van der Waals surface area contributed by atoms with Crippen molar-refractivity contribution in [3.8, 4) is 22.5 Å². The van der Waals surface area contributed by atoms with Crippen LogP contribution in [0.3, 0.4) is 0 Å². The Morgan fingerprint density at radius 1 is 0.907 bits per heavy atom. The minimum atomic E-state index is -0.395. The number of anilines is 3. The van der Waals surface area contributed by atoms with Gasteiger partial charge in [-0.25, -0.2) is 19.2 Å². The van der Waals surface area contributed by atoms with Crippen LogP contribution in [0.1, 0.15) is 12.5 Å². The fraction of sp³-hybridized carbons (Fsp3) is 0.182. The molecule has 5 aromatic rings. The molecule has 0 bridgehead atoms. The summed E-state index contributed by atoms with van der Waals surface area (Å²) < 4.78 is 20.9. The van der Waals surface area contributed by atoms with E-state index in [0.29, 0.717) is 77.8 Å². The fourth-order valence-electron chi connectivity index (χ4n) is 5.01. The highest BCUT2D eigenvalue weighted by Crippen LogP contribution is 2.33. The maximum atomic E-state index is 15.3. The third-order valence-corrected chi connectivity index (χ3v) is 7.11. The third kappa shape index (κ3) is 6.49. The van der Waals surface area contributed by atoms with Crippen molar-refractivity contribution in [2.45, 2.75) is 13.3 Å². The number of halogens is 1. The number of pyridine rings is 1. The Kier molecular flexibility index (Phi) is 8.01. The van der Waals surface area contributed by atoms with E-state index >= 15 is 4.39 Å². The number of aromatic nitrogens is 3. The van der Waals surface area contributed by atoms with E-state index in [9.17, 15) is 9.59 Å². The first kappa shape index (κ1) is 27.9. The van der Waals surface area contributed by atoms with Crippen LogP contribution in [0, 0.1) is 5.82 Å². The molecule has 2 amide bonds. The predicted molar refractivity (Wildman–Crippen MR) is 165 cm³/mol. The maximum Gasteiger partial charge on any atom is 0.323 e. The first-order valence-electron chi connectivity index (χ1n) is 13.9. The van der Waals surface area contributed by atoms with Crippen LogP contribution in [-0.2, 0) is 16.0 Å². The molecule has 1 aliphatic heterocycles. The Morgan fingerprint density at radius 2 is 1.60 bits per heavy atom. The summed E-state index contributed by atoms with van der Waals surface area (Å²) in [6.07, 6.45) is 3.63. The van der Waals surface area contributed by atoms with Gasteiger partial charge in [0.1, 0.15) is 17.4 Å². The molecule has 216 valence electrons. The van der Waals surface area contributed by atoms with Gasteiger partial charge in [0.2, 0.25) is 0 Å². The van der Waals surface area contributed by atoms with Crippen LogP contribution in [0.5, 0.6) is 0 Å². The van der Waals surface area contributed by atoms with Gasteiger partial charge in [0.05, 0.1) is 18.7 Å². The monoisotopic (exact) mass is 576 g/mol. The molecule has 0 atom stereocenters. The van der Waals surface area contributed by atoms with Gasteiger partial charge in [0.15, 0.2) is 5.82 Å². The lowest BCUT2D eigenvalue weighted by molar-refractivity contribution is -0.116. The molecule has 3 heterocycles. The van der Waals surface area contributed by atoms with Gasteiger partial charge >= 0.3 is 6.03 Å². The quantitative estimate of drug-likeness (QED) is 0.241. The lowest BCUT2D eigenvalue weighted by atomic mass is 10.0. The molecule has 10 heteroatoms. The van der Waals surface area contributed by atoms with Crippen LogP contribution < -0.4 is 15.5 Å². The second-order valence-corrected chi connectivity index (χ2v) is 10.3. The number of fused-ring (bicyclic) bond motifs is 1. The van der Waals surface area contributed by atoms with Gasteiger partial charge in [-0.2, -0.15) is 0 Å². The number of carbonyl (C=O) groups is 2. The number of hydrogen-bond donors (Lipinski definition) is 2. The Labute approximate surface area is 247 Å². The van der Waals surface area contributed by atoms with Crippen molar-refractivity contribution in [1.82, 2.24) is 15.0 Å². The normalized spacial score (nSPS) is 13.1. The Morgan fingerprint density at radius 3 is 2.26 bits per heavy atom. The zero-order valence-corrected chi connectivity index (χ0v) is 23.5. The number of Topliss-reactive ketones (excluding diaryl/α,β-unsaturated/α-hetero) is 1. The second-order valence-electron chi connectivity index (χ2n) is 10.3. The number of ether oxygens (including phenoxy) is 1. The molecule has 1 saturated heterocycles. The van der Waals surface area contributed by atoms with Gasteiger partial charge in [0.25, 0.3) is 0 Å². The summed E-state index contributed by atoms with van der Waals surface area (Å²) in [7, 11) is 0. The minimum absolute atomic E-state index is 0.0803. The maximum absolute atomic E-state index is 15.3. The summed E-state index contributed by atoms with van der Waals surface area (Å²) in [5, 5.41) is 6.24. The van der Waals surface area contributed by atoms with Crippen molar-refractivity contribution >= 4 is 39.9 Å². The number of morpholine rings is 1. The number of carbonyl (C=O) groups excluding carboxylic acids is 2. The van der Waals surface area contributed by atoms with Crippen LogP contribution >= 0.6 is 0 Å². The zero-order valence-electron chi connectivity index (χ0n) is 23.5. The molecule has 0 unspecified atom stereocenters. The molecule has 2 N–H and O–H groups in total. The summed E-state index contributed by atoms with van der Waals surface area (Å²) in [6, 6.07) is 20.8. The molecule has 0 saturated carbocycles. The summed E-state index contributed by atoms with van der Waals surface area (Å²) in [5.74, 6) is 0.846. The number of benzene rings is 3. The smallest absolute Gasteiger partial charge is 0.323 e. The molecular weight excluding hydrogens is 547 g/mol. The van der Waals surface area contributed by atoms with Crippen LogP contribution in [0.2, 0.25) is 0 Å². The Bertz CT molecular complexity index is 1770. The van der Waals surface area contributed by atoms with E-state index in [0.717, 1.165) is 11.1 Å². The molecule has 3 aromatic carbocycles. The standard InChI is InChI=1S/C33H29FN6O3/c1-21(41)17-22-4-8-25(9-5-22)36-33(42)37-26-10-6-23(7-11-26)31-38-30-19-27(24-3-2-12-35-20-24)29(34)18-28(30)32(39-31)40-13-15-43-16-14-40/h2-12,18-20H,13-17H2,1H3,(H2,36,37,42). The van der Waals surface area contributed by atoms with Crippen molar-refractivity contribution in [3.05, 3.63) is 96.6 Å². The van der Waals surface area contributed by atoms with E-state index in [1.54, 1.807) is 55.7 Å². The molecule has 0 spiro atoms. The van der Waals surface area contributed by atoms with Gasteiger partial charge in [0, 0.05) is 65.4 Å². The van der Waals surface area contributed by atoms with Gasteiger partial charge in [-0.15, -0.1) is 0 Å². The lowest BCUT2D eigenvalue weighted by Gasteiger charge is -2.29. The van der Waals surface area contributed by atoms with Gasteiger partial charge in [-0.05, 0) is 67.1 Å². The van der Waals surface area contributed by atoms with E-state index in [1.807, 2.05) is 30.3 Å². The molecule has 6 rings (SSSR count). The van der Waals surface area contributed by atoms with Gasteiger partial charge in [-0.3, -0.25) is 9.78 Å².